The first-order chi connectivity index (χ1) is 10.4. The standard InChI is InChI=1S/C16H14ClO4P/c1-10-2-4-12-14(8-10)22(20,7-6-16(18)19)15-9-11(17)3-5-13(15)21-12/h2-5,8-9H,6-7H2,1H3,(H,18,19). The maximum atomic E-state index is 13.7. The lowest BCUT2D eigenvalue weighted by Crippen LogP contribution is -2.27. The highest BCUT2D eigenvalue weighted by Crippen LogP contribution is 2.53. The lowest BCUT2D eigenvalue weighted by molar-refractivity contribution is -0.136. The van der Waals surface area contributed by atoms with E-state index < -0.39 is 13.1 Å². The van der Waals surface area contributed by atoms with Crippen molar-refractivity contribution in [3.63, 3.8) is 0 Å². The van der Waals surface area contributed by atoms with Crippen molar-refractivity contribution in [2.24, 2.45) is 0 Å². The molecule has 0 radical (unpaired) electrons. The summed E-state index contributed by atoms with van der Waals surface area (Å²) in [6.07, 6.45) is -0.119. The van der Waals surface area contributed by atoms with Gasteiger partial charge < -0.3 is 14.4 Å². The number of aryl methyl sites for hydroxylation is 1. The zero-order valence-electron chi connectivity index (χ0n) is 11.9. The van der Waals surface area contributed by atoms with Crippen LogP contribution < -0.4 is 15.3 Å². The molecule has 0 saturated carbocycles. The van der Waals surface area contributed by atoms with E-state index in [9.17, 15) is 9.36 Å². The predicted octanol–water partition coefficient (Wildman–Crippen LogP) is 3.54. The molecule has 0 aromatic heterocycles. The SMILES string of the molecule is Cc1ccc2c(c1)P(=O)(CCC(=O)O)c1cc(Cl)ccc1O2. The van der Waals surface area contributed by atoms with Crippen LogP contribution in [-0.2, 0) is 9.36 Å². The minimum Gasteiger partial charge on any atom is -0.481 e. The first kappa shape index (κ1) is 15.1. The van der Waals surface area contributed by atoms with Crippen LogP contribution in [-0.4, -0.2) is 17.2 Å². The van der Waals surface area contributed by atoms with Crippen molar-refractivity contribution in [3.8, 4) is 11.5 Å². The zero-order valence-corrected chi connectivity index (χ0v) is 13.5. The minimum atomic E-state index is -3.09. The summed E-state index contributed by atoms with van der Waals surface area (Å²) in [5.41, 5.74) is 0.948. The Morgan fingerprint density at radius 3 is 2.50 bits per heavy atom. The van der Waals surface area contributed by atoms with E-state index in [-0.39, 0.29) is 12.6 Å². The summed E-state index contributed by atoms with van der Waals surface area (Å²) < 4.78 is 19.5. The summed E-state index contributed by atoms with van der Waals surface area (Å²) in [6.45, 7) is 1.90. The van der Waals surface area contributed by atoms with Crippen LogP contribution in [0.2, 0.25) is 5.02 Å². The number of halogens is 1. The lowest BCUT2D eigenvalue weighted by atomic mass is 10.2. The summed E-state index contributed by atoms with van der Waals surface area (Å²) in [7, 11) is -3.09. The topological polar surface area (TPSA) is 63.6 Å². The fourth-order valence-electron chi connectivity index (χ4n) is 2.60. The van der Waals surface area contributed by atoms with E-state index in [2.05, 4.69) is 0 Å². The van der Waals surface area contributed by atoms with Crippen LogP contribution in [0, 0.1) is 6.92 Å². The Hall–Kier alpha value is -1.77. The first-order valence-corrected chi connectivity index (χ1v) is 9.07. The highest BCUT2D eigenvalue weighted by atomic mass is 35.5. The average molecular weight is 337 g/mol. The third-order valence-corrected chi connectivity index (χ3v) is 7.02. The summed E-state index contributed by atoms with van der Waals surface area (Å²) >= 11 is 6.03. The van der Waals surface area contributed by atoms with Gasteiger partial charge in [0.1, 0.15) is 11.5 Å². The molecular formula is C16H14ClO4P. The number of rotatable bonds is 3. The summed E-state index contributed by atoms with van der Waals surface area (Å²) in [4.78, 5) is 11.0. The summed E-state index contributed by atoms with van der Waals surface area (Å²) in [5, 5.41) is 10.5. The summed E-state index contributed by atoms with van der Waals surface area (Å²) in [5.74, 6) is 0.0307. The van der Waals surface area contributed by atoms with Gasteiger partial charge in [-0.15, -0.1) is 0 Å². The molecule has 114 valence electrons. The lowest BCUT2D eigenvalue weighted by Gasteiger charge is -2.28. The van der Waals surface area contributed by atoms with Crippen LogP contribution in [0.4, 0.5) is 0 Å². The molecule has 1 atom stereocenters. The van der Waals surface area contributed by atoms with Crippen LogP contribution in [0.5, 0.6) is 11.5 Å². The smallest absolute Gasteiger partial charge is 0.303 e. The molecule has 0 bridgehead atoms. The molecule has 1 aliphatic rings. The molecule has 0 spiro atoms. The van der Waals surface area contributed by atoms with Gasteiger partial charge in [-0.3, -0.25) is 4.79 Å². The van der Waals surface area contributed by atoms with Crippen LogP contribution in [0.25, 0.3) is 0 Å². The fourth-order valence-corrected chi connectivity index (χ4v) is 5.81. The van der Waals surface area contributed by atoms with Crippen molar-refractivity contribution in [3.05, 3.63) is 47.0 Å². The van der Waals surface area contributed by atoms with E-state index in [1.807, 2.05) is 19.1 Å². The number of aliphatic carboxylic acids is 1. The molecule has 2 aromatic carbocycles. The van der Waals surface area contributed by atoms with E-state index in [1.165, 1.54) is 0 Å². The maximum Gasteiger partial charge on any atom is 0.303 e. The second-order valence-corrected chi connectivity index (χ2v) is 8.62. The molecule has 3 rings (SSSR count). The van der Waals surface area contributed by atoms with Crippen molar-refractivity contribution in [2.45, 2.75) is 13.3 Å². The molecule has 2 aromatic rings. The number of hydrogen-bond acceptors (Lipinski definition) is 3. The Balaban J connectivity index is 2.22. The van der Waals surface area contributed by atoms with Gasteiger partial charge in [-0.05, 0) is 37.3 Å². The number of fused-ring (bicyclic) bond motifs is 2. The van der Waals surface area contributed by atoms with E-state index in [1.54, 1.807) is 24.3 Å². The molecular weight excluding hydrogens is 323 g/mol. The van der Waals surface area contributed by atoms with E-state index in [0.717, 1.165) is 5.56 Å². The van der Waals surface area contributed by atoms with Gasteiger partial charge in [0.25, 0.3) is 0 Å². The molecule has 0 saturated heterocycles. The highest BCUT2D eigenvalue weighted by molar-refractivity contribution is 7.79. The van der Waals surface area contributed by atoms with E-state index >= 15 is 0 Å². The van der Waals surface area contributed by atoms with Crippen molar-refractivity contribution in [1.82, 2.24) is 0 Å². The molecule has 1 unspecified atom stereocenters. The molecule has 0 aliphatic carbocycles. The highest BCUT2D eigenvalue weighted by Gasteiger charge is 2.37. The quantitative estimate of drug-likeness (QED) is 0.871. The number of ether oxygens (including phenoxy) is 1. The van der Waals surface area contributed by atoms with Gasteiger partial charge in [-0.25, -0.2) is 0 Å². The largest absolute Gasteiger partial charge is 0.481 e. The maximum absolute atomic E-state index is 13.7. The molecule has 1 heterocycles. The minimum absolute atomic E-state index is 0.0511. The summed E-state index contributed by atoms with van der Waals surface area (Å²) in [6, 6.07) is 10.4. The first-order valence-electron chi connectivity index (χ1n) is 6.80. The van der Waals surface area contributed by atoms with Gasteiger partial charge in [0.15, 0.2) is 7.14 Å². The van der Waals surface area contributed by atoms with Crippen LogP contribution in [0.1, 0.15) is 12.0 Å². The Morgan fingerprint density at radius 2 is 1.82 bits per heavy atom. The third-order valence-electron chi connectivity index (χ3n) is 3.67. The Labute approximate surface area is 133 Å². The Kier molecular flexibility index (Phi) is 3.75. The second-order valence-electron chi connectivity index (χ2n) is 5.29. The van der Waals surface area contributed by atoms with Crippen molar-refractivity contribution in [1.29, 1.82) is 0 Å². The number of carboxylic acid groups (broad SMARTS) is 1. The third kappa shape index (κ3) is 2.53. The van der Waals surface area contributed by atoms with Gasteiger partial charge in [0.05, 0.1) is 17.0 Å². The van der Waals surface area contributed by atoms with Gasteiger partial charge in [-0.1, -0.05) is 23.2 Å². The average Bonchev–Trinajstić information content (AvgIpc) is 2.47. The predicted molar refractivity (Wildman–Crippen MR) is 86.7 cm³/mol. The van der Waals surface area contributed by atoms with Crippen molar-refractivity contribution >= 4 is 35.3 Å². The van der Waals surface area contributed by atoms with Crippen LogP contribution in [0.15, 0.2) is 36.4 Å². The van der Waals surface area contributed by atoms with Crippen molar-refractivity contribution in [2.75, 3.05) is 6.16 Å². The molecule has 1 N–H and O–H groups in total. The van der Waals surface area contributed by atoms with Gasteiger partial charge >= 0.3 is 5.97 Å². The number of carbonyl (C=O) groups is 1. The van der Waals surface area contributed by atoms with Gasteiger partial charge in [0.2, 0.25) is 0 Å². The molecule has 22 heavy (non-hydrogen) atoms. The number of carboxylic acids is 1. The molecule has 1 aliphatic heterocycles. The van der Waals surface area contributed by atoms with Crippen LogP contribution in [0.3, 0.4) is 0 Å². The monoisotopic (exact) mass is 336 g/mol. The zero-order chi connectivity index (χ0) is 15.9. The number of hydrogen-bond donors (Lipinski definition) is 1. The van der Waals surface area contributed by atoms with Crippen molar-refractivity contribution < 1.29 is 19.2 Å². The van der Waals surface area contributed by atoms with Gasteiger partial charge in [-0.2, -0.15) is 0 Å². The fraction of sp³-hybridized carbons (Fsp3) is 0.188. The van der Waals surface area contributed by atoms with Gasteiger partial charge in [0, 0.05) is 11.2 Å². The Morgan fingerprint density at radius 1 is 1.18 bits per heavy atom. The number of benzene rings is 2. The molecule has 6 heteroatoms. The van der Waals surface area contributed by atoms with Crippen LogP contribution >= 0.6 is 18.7 Å². The Bertz CT molecular complexity index is 760. The second kappa shape index (κ2) is 5.45. The molecule has 0 fully saturated rings. The normalized spacial score (nSPS) is 19.0. The van der Waals surface area contributed by atoms with E-state index in [0.29, 0.717) is 27.1 Å². The molecule has 4 nitrogen and oxygen atoms in total. The molecule has 0 amide bonds. The van der Waals surface area contributed by atoms with E-state index in [4.69, 9.17) is 21.4 Å².